The molecule has 2 aromatic rings. The molecule has 0 atom stereocenters. The topological polar surface area (TPSA) is 37.8 Å². The number of benzene rings is 1. The number of aromatic nitrogens is 2. The minimum atomic E-state index is 0.219. The second-order valence-electron chi connectivity index (χ2n) is 4.34. The molecule has 19 heavy (non-hydrogen) atoms. The lowest BCUT2D eigenvalue weighted by Gasteiger charge is -2.10. The Balaban J connectivity index is 2.29. The van der Waals surface area contributed by atoms with Gasteiger partial charge >= 0.3 is 0 Å². The summed E-state index contributed by atoms with van der Waals surface area (Å²) >= 11 is 15.3. The molecule has 3 nitrogen and oxygen atoms in total. The second-order valence-corrected chi connectivity index (χ2v) is 5.99. The molecule has 0 aliphatic carbocycles. The van der Waals surface area contributed by atoms with Crippen LogP contribution in [0.1, 0.15) is 25.6 Å². The molecule has 0 aliphatic rings. The van der Waals surface area contributed by atoms with E-state index in [9.17, 15) is 0 Å². The Hall–Kier alpha value is -0.840. The molecule has 0 radical (unpaired) electrons. The Bertz CT molecular complexity index is 602. The van der Waals surface area contributed by atoms with Gasteiger partial charge in [-0.1, -0.05) is 37.0 Å². The smallest absolute Gasteiger partial charge is 0.135 e. The first-order valence-corrected chi connectivity index (χ1v) is 7.27. The predicted molar refractivity (Wildman–Crippen MR) is 83.6 cm³/mol. The molecule has 0 bridgehead atoms. The van der Waals surface area contributed by atoms with Crippen LogP contribution in [0.2, 0.25) is 10.2 Å². The Labute approximate surface area is 130 Å². The van der Waals surface area contributed by atoms with Gasteiger partial charge in [0.25, 0.3) is 0 Å². The molecule has 6 heteroatoms. The lowest BCUT2D eigenvalue weighted by atomic mass is 10.2. The first-order valence-electron chi connectivity index (χ1n) is 5.72. The number of nitrogens with zero attached hydrogens (tertiary/aromatic N) is 2. The van der Waals surface area contributed by atoms with Crippen LogP contribution in [0.15, 0.2) is 28.7 Å². The summed E-state index contributed by atoms with van der Waals surface area (Å²) in [6.45, 7) is 4.04. The lowest BCUT2D eigenvalue weighted by molar-refractivity contribution is 0.776. The molecule has 0 saturated carbocycles. The minimum absolute atomic E-state index is 0.219. The largest absolute Gasteiger partial charge is 0.340 e. The highest BCUT2D eigenvalue weighted by molar-refractivity contribution is 9.10. The summed E-state index contributed by atoms with van der Waals surface area (Å²) in [7, 11) is 0. The van der Waals surface area contributed by atoms with Crippen molar-refractivity contribution >= 4 is 50.6 Å². The van der Waals surface area contributed by atoms with Crippen LogP contribution in [0.5, 0.6) is 0 Å². The van der Waals surface area contributed by atoms with Crippen molar-refractivity contribution in [2.75, 3.05) is 5.32 Å². The van der Waals surface area contributed by atoms with Gasteiger partial charge in [0.2, 0.25) is 0 Å². The van der Waals surface area contributed by atoms with Crippen LogP contribution in [0.4, 0.5) is 11.5 Å². The van der Waals surface area contributed by atoms with Crippen molar-refractivity contribution in [1.29, 1.82) is 0 Å². The van der Waals surface area contributed by atoms with E-state index in [0.717, 1.165) is 10.2 Å². The van der Waals surface area contributed by atoms with Crippen LogP contribution in [0, 0.1) is 0 Å². The third-order valence-electron chi connectivity index (χ3n) is 2.42. The van der Waals surface area contributed by atoms with Gasteiger partial charge in [-0.2, -0.15) is 0 Å². The summed E-state index contributed by atoms with van der Waals surface area (Å²) in [5.41, 5.74) is 0.876. The van der Waals surface area contributed by atoms with Crippen LogP contribution >= 0.6 is 39.1 Å². The number of rotatable bonds is 3. The van der Waals surface area contributed by atoms with E-state index < -0.39 is 0 Å². The first kappa shape index (κ1) is 14.6. The predicted octanol–water partition coefficient (Wildman–Crippen LogP) is 5.41. The number of hydrogen-bond donors (Lipinski definition) is 1. The number of halogens is 3. The Kier molecular flexibility index (Phi) is 4.66. The van der Waals surface area contributed by atoms with Crippen molar-refractivity contribution in [3.05, 3.63) is 44.7 Å². The van der Waals surface area contributed by atoms with Crippen LogP contribution in [0.3, 0.4) is 0 Å². The van der Waals surface area contributed by atoms with Gasteiger partial charge in [-0.3, -0.25) is 0 Å². The van der Waals surface area contributed by atoms with E-state index >= 15 is 0 Å². The van der Waals surface area contributed by atoms with Gasteiger partial charge in [0.1, 0.15) is 16.8 Å². The van der Waals surface area contributed by atoms with E-state index in [4.69, 9.17) is 23.2 Å². The quantitative estimate of drug-likeness (QED) is 0.743. The molecular formula is C13H12BrCl2N3. The molecule has 0 fully saturated rings. The van der Waals surface area contributed by atoms with E-state index in [0.29, 0.717) is 21.8 Å². The molecule has 0 saturated heterocycles. The zero-order chi connectivity index (χ0) is 14.0. The van der Waals surface area contributed by atoms with Crippen molar-refractivity contribution in [2.45, 2.75) is 19.8 Å². The van der Waals surface area contributed by atoms with Crippen LogP contribution in [0.25, 0.3) is 0 Å². The van der Waals surface area contributed by atoms with Crippen LogP contribution < -0.4 is 5.32 Å². The fraction of sp³-hybridized carbons (Fsp3) is 0.231. The molecule has 100 valence electrons. The SMILES string of the molecule is CC(C)c1nc(Cl)cc(Nc2ccc(Cl)c(Br)c2)n1. The van der Waals surface area contributed by atoms with E-state index in [1.54, 1.807) is 12.1 Å². The first-order chi connectivity index (χ1) is 8.95. The summed E-state index contributed by atoms with van der Waals surface area (Å²) in [5, 5.41) is 4.27. The average Bonchev–Trinajstić information content (AvgIpc) is 2.33. The summed E-state index contributed by atoms with van der Waals surface area (Å²) in [4.78, 5) is 8.62. The summed E-state index contributed by atoms with van der Waals surface area (Å²) in [6.07, 6.45) is 0. The third-order valence-corrected chi connectivity index (χ3v) is 3.83. The molecule has 0 amide bonds. The fourth-order valence-electron chi connectivity index (χ4n) is 1.48. The van der Waals surface area contributed by atoms with Crippen molar-refractivity contribution in [3.63, 3.8) is 0 Å². The normalized spacial score (nSPS) is 10.8. The van der Waals surface area contributed by atoms with E-state index in [2.05, 4.69) is 31.2 Å². The Morgan fingerprint density at radius 1 is 1.16 bits per heavy atom. The summed E-state index contributed by atoms with van der Waals surface area (Å²) in [5.74, 6) is 1.59. The van der Waals surface area contributed by atoms with Gasteiger partial charge in [-0.05, 0) is 34.1 Å². The summed E-state index contributed by atoms with van der Waals surface area (Å²) in [6, 6.07) is 7.25. The van der Waals surface area contributed by atoms with Gasteiger partial charge in [-0.25, -0.2) is 9.97 Å². The Morgan fingerprint density at radius 2 is 1.89 bits per heavy atom. The zero-order valence-electron chi connectivity index (χ0n) is 10.4. The maximum absolute atomic E-state index is 6.00. The van der Waals surface area contributed by atoms with Gasteiger partial charge < -0.3 is 5.32 Å². The van der Waals surface area contributed by atoms with Crippen LogP contribution in [-0.2, 0) is 0 Å². The number of anilines is 2. The van der Waals surface area contributed by atoms with Gasteiger partial charge in [0.05, 0.1) is 5.02 Å². The second kappa shape index (κ2) is 6.07. The van der Waals surface area contributed by atoms with Crippen molar-refractivity contribution in [2.24, 2.45) is 0 Å². The molecule has 1 aromatic heterocycles. The standard InChI is InChI=1S/C13H12BrCl2N3/c1-7(2)13-18-11(16)6-12(19-13)17-8-3-4-10(15)9(14)5-8/h3-7H,1-2H3,(H,17,18,19). The molecule has 1 heterocycles. The molecule has 0 aliphatic heterocycles. The molecule has 1 aromatic carbocycles. The number of hydrogen-bond acceptors (Lipinski definition) is 3. The van der Waals surface area contributed by atoms with Gasteiger partial charge in [0, 0.05) is 22.1 Å². The molecule has 2 rings (SSSR count). The van der Waals surface area contributed by atoms with Gasteiger partial charge in [0.15, 0.2) is 0 Å². The van der Waals surface area contributed by atoms with Crippen molar-refractivity contribution < 1.29 is 0 Å². The monoisotopic (exact) mass is 359 g/mol. The fourth-order valence-corrected chi connectivity index (χ4v) is 2.17. The highest BCUT2D eigenvalue weighted by Gasteiger charge is 2.08. The maximum Gasteiger partial charge on any atom is 0.135 e. The molecule has 0 spiro atoms. The summed E-state index contributed by atoms with van der Waals surface area (Å²) < 4.78 is 0.823. The lowest BCUT2D eigenvalue weighted by Crippen LogP contribution is -2.02. The van der Waals surface area contributed by atoms with Crippen molar-refractivity contribution in [3.8, 4) is 0 Å². The van der Waals surface area contributed by atoms with E-state index in [1.807, 2.05) is 26.0 Å². The highest BCUT2D eigenvalue weighted by atomic mass is 79.9. The Morgan fingerprint density at radius 3 is 2.53 bits per heavy atom. The molecule has 0 unspecified atom stereocenters. The third kappa shape index (κ3) is 3.81. The highest BCUT2D eigenvalue weighted by Crippen LogP contribution is 2.27. The molecular weight excluding hydrogens is 349 g/mol. The van der Waals surface area contributed by atoms with E-state index in [-0.39, 0.29) is 5.92 Å². The van der Waals surface area contributed by atoms with Gasteiger partial charge in [-0.15, -0.1) is 0 Å². The van der Waals surface area contributed by atoms with Crippen molar-refractivity contribution in [1.82, 2.24) is 9.97 Å². The minimum Gasteiger partial charge on any atom is -0.340 e. The number of nitrogens with one attached hydrogen (secondary N) is 1. The maximum atomic E-state index is 6.00. The van der Waals surface area contributed by atoms with Crippen LogP contribution in [-0.4, -0.2) is 9.97 Å². The zero-order valence-corrected chi connectivity index (χ0v) is 13.5. The van der Waals surface area contributed by atoms with E-state index in [1.165, 1.54) is 0 Å². The average molecular weight is 361 g/mol. The molecule has 1 N–H and O–H groups in total.